The molecular weight excluding hydrogens is 210 g/mol. The van der Waals surface area contributed by atoms with E-state index in [0.717, 1.165) is 32.5 Å². The van der Waals surface area contributed by atoms with Gasteiger partial charge in [0, 0.05) is 18.8 Å². The van der Waals surface area contributed by atoms with Crippen LogP contribution in [0.2, 0.25) is 0 Å². The highest BCUT2D eigenvalue weighted by Crippen LogP contribution is 2.30. The van der Waals surface area contributed by atoms with E-state index in [1.54, 1.807) is 0 Å². The van der Waals surface area contributed by atoms with E-state index in [1.807, 2.05) is 0 Å². The molecule has 0 spiro atoms. The maximum atomic E-state index is 6.53. The predicted molar refractivity (Wildman–Crippen MR) is 71.1 cm³/mol. The number of ether oxygens (including phenoxy) is 1. The minimum atomic E-state index is -0.188. The van der Waals surface area contributed by atoms with Gasteiger partial charge in [-0.15, -0.1) is 0 Å². The molecule has 1 aliphatic rings. The van der Waals surface area contributed by atoms with Crippen molar-refractivity contribution in [1.29, 1.82) is 0 Å². The SMILES string of the molecule is CC(C)c1ccc(C2(N)CCCOCC2)cc1. The van der Waals surface area contributed by atoms with Gasteiger partial charge >= 0.3 is 0 Å². The van der Waals surface area contributed by atoms with Crippen molar-refractivity contribution in [3.05, 3.63) is 35.4 Å². The molecule has 0 radical (unpaired) electrons. The summed E-state index contributed by atoms with van der Waals surface area (Å²) >= 11 is 0. The summed E-state index contributed by atoms with van der Waals surface area (Å²) in [5, 5.41) is 0. The fourth-order valence-corrected chi connectivity index (χ4v) is 2.46. The van der Waals surface area contributed by atoms with Crippen molar-refractivity contribution in [1.82, 2.24) is 0 Å². The third kappa shape index (κ3) is 2.88. The molecule has 0 bridgehead atoms. The van der Waals surface area contributed by atoms with E-state index in [-0.39, 0.29) is 5.54 Å². The molecule has 1 aliphatic heterocycles. The molecule has 0 aliphatic carbocycles. The number of benzene rings is 1. The zero-order chi connectivity index (χ0) is 12.3. The second-order valence-corrected chi connectivity index (χ2v) is 5.40. The topological polar surface area (TPSA) is 35.2 Å². The summed E-state index contributed by atoms with van der Waals surface area (Å²) < 4.78 is 5.49. The van der Waals surface area contributed by atoms with E-state index in [9.17, 15) is 0 Å². The smallest absolute Gasteiger partial charge is 0.0486 e. The molecule has 2 N–H and O–H groups in total. The predicted octanol–water partition coefficient (Wildman–Crippen LogP) is 3.16. The van der Waals surface area contributed by atoms with Crippen molar-refractivity contribution in [3.8, 4) is 0 Å². The highest BCUT2D eigenvalue weighted by atomic mass is 16.5. The van der Waals surface area contributed by atoms with Crippen LogP contribution in [-0.4, -0.2) is 13.2 Å². The first kappa shape index (κ1) is 12.6. The maximum absolute atomic E-state index is 6.53. The third-order valence-corrected chi connectivity index (χ3v) is 3.76. The Morgan fingerprint density at radius 3 is 2.47 bits per heavy atom. The van der Waals surface area contributed by atoms with Crippen LogP contribution < -0.4 is 5.73 Å². The summed E-state index contributed by atoms with van der Waals surface area (Å²) in [7, 11) is 0. The molecule has 2 heteroatoms. The molecule has 1 aromatic carbocycles. The summed E-state index contributed by atoms with van der Waals surface area (Å²) in [6.45, 7) is 6.06. The van der Waals surface area contributed by atoms with Gasteiger partial charge < -0.3 is 10.5 Å². The van der Waals surface area contributed by atoms with Gasteiger partial charge in [0.25, 0.3) is 0 Å². The van der Waals surface area contributed by atoms with Gasteiger partial charge in [0.1, 0.15) is 0 Å². The lowest BCUT2D eigenvalue weighted by Crippen LogP contribution is -2.36. The molecule has 1 saturated heterocycles. The maximum Gasteiger partial charge on any atom is 0.0486 e. The first-order valence-electron chi connectivity index (χ1n) is 6.59. The lowest BCUT2D eigenvalue weighted by atomic mass is 9.83. The average molecular weight is 233 g/mol. The van der Waals surface area contributed by atoms with Crippen LogP contribution in [0.5, 0.6) is 0 Å². The average Bonchev–Trinajstić information content (AvgIpc) is 2.55. The van der Waals surface area contributed by atoms with E-state index < -0.39 is 0 Å². The van der Waals surface area contributed by atoms with Gasteiger partial charge in [0.05, 0.1) is 0 Å². The Labute approximate surface area is 104 Å². The van der Waals surface area contributed by atoms with Crippen LogP contribution in [0.25, 0.3) is 0 Å². The third-order valence-electron chi connectivity index (χ3n) is 3.76. The quantitative estimate of drug-likeness (QED) is 0.851. The normalized spacial score (nSPS) is 25.9. The van der Waals surface area contributed by atoms with Crippen LogP contribution in [0.3, 0.4) is 0 Å². The highest BCUT2D eigenvalue weighted by Gasteiger charge is 2.28. The molecule has 94 valence electrons. The number of hydrogen-bond acceptors (Lipinski definition) is 2. The molecule has 0 amide bonds. The van der Waals surface area contributed by atoms with Crippen LogP contribution in [0, 0.1) is 0 Å². The van der Waals surface area contributed by atoms with Gasteiger partial charge in [-0.25, -0.2) is 0 Å². The highest BCUT2D eigenvalue weighted by molar-refractivity contribution is 5.30. The second kappa shape index (κ2) is 5.19. The van der Waals surface area contributed by atoms with Crippen LogP contribution in [0.4, 0.5) is 0 Å². The molecule has 0 aromatic heterocycles. The van der Waals surface area contributed by atoms with Crippen LogP contribution in [-0.2, 0) is 10.3 Å². The molecule has 2 rings (SSSR count). The fraction of sp³-hybridized carbons (Fsp3) is 0.600. The van der Waals surface area contributed by atoms with Gasteiger partial charge in [-0.3, -0.25) is 0 Å². The van der Waals surface area contributed by atoms with Crippen LogP contribution >= 0.6 is 0 Å². The summed E-state index contributed by atoms with van der Waals surface area (Å²) in [4.78, 5) is 0. The number of nitrogens with two attached hydrogens (primary N) is 1. The van der Waals surface area contributed by atoms with Crippen molar-refractivity contribution < 1.29 is 4.74 Å². The van der Waals surface area contributed by atoms with Crippen LogP contribution in [0.15, 0.2) is 24.3 Å². The zero-order valence-corrected chi connectivity index (χ0v) is 10.9. The summed E-state index contributed by atoms with van der Waals surface area (Å²) in [5.74, 6) is 0.579. The zero-order valence-electron chi connectivity index (χ0n) is 10.9. The molecule has 17 heavy (non-hydrogen) atoms. The molecule has 1 fully saturated rings. The number of rotatable bonds is 2. The van der Waals surface area contributed by atoms with Crippen molar-refractivity contribution in [2.75, 3.05) is 13.2 Å². The van der Waals surface area contributed by atoms with Gasteiger partial charge in [0.15, 0.2) is 0 Å². The molecule has 1 heterocycles. The van der Waals surface area contributed by atoms with Crippen molar-refractivity contribution in [2.45, 2.75) is 44.6 Å². The number of hydrogen-bond donors (Lipinski definition) is 1. The van der Waals surface area contributed by atoms with Gasteiger partial charge in [0.2, 0.25) is 0 Å². The molecular formula is C15H23NO. The minimum Gasteiger partial charge on any atom is -0.381 e. The fourth-order valence-electron chi connectivity index (χ4n) is 2.46. The van der Waals surface area contributed by atoms with E-state index in [0.29, 0.717) is 5.92 Å². The Kier molecular flexibility index (Phi) is 3.85. The van der Waals surface area contributed by atoms with E-state index >= 15 is 0 Å². The monoisotopic (exact) mass is 233 g/mol. The lowest BCUT2D eigenvalue weighted by molar-refractivity contribution is 0.139. The largest absolute Gasteiger partial charge is 0.381 e. The molecule has 0 saturated carbocycles. The van der Waals surface area contributed by atoms with Crippen molar-refractivity contribution in [2.24, 2.45) is 5.73 Å². The van der Waals surface area contributed by atoms with Gasteiger partial charge in [-0.2, -0.15) is 0 Å². The molecule has 1 atom stereocenters. The molecule has 1 aromatic rings. The van der Waals surface area contributed by atoms with E-state index in [4.69, 9.17) is 10.5 Å². The summed E-state index contributed by atoms with van der Waals surface area (Å²) in [6, 6.07) is 8.81. The van der Waals surface area contributed by atoms with E-state index in [1.165, 1.54) is 11.1 Å². The standard InChI is InChI=1S/C15H23NO/c1-12(2)13-4-6-14(7-5-13)15(16)8-3-10-17-11-9-15/h4-7,12H,3,8-11,16H2,1-2H3. The first-order chi connectivity index (χ1) is 8.12. The Morgan fingerprint density at radius 1 is 1.12 bits per heavy atom. The lowest BCUT2D eigenvalue weighted by Gasteiger charge is -2.28. The van der Waals surface area contributed by atoms with Gasteiger partial charge in [-0.05, 0) is 36.3 Å². The summed E-state index contributed by atoms with van der Waals surface area (Å²) in [6.07, 6.45) is 3.00. The molecule has 2 nitrogen and oxygen atoms in total. The minimum absolute atomic E-state index is 0.188. The Bertz CT molecular complexity index is 348. The Hall–Kier alpha value is -0.860. The molecule has 1 unspecified atom stereocenters. The Morgan fingerprint density at radius 2 is 1.82 bits per heavy atom. The van der Waals surface area contributed by atoms with Gasteiger partial charge in [-0.1, -0.05) is 38.1 Å². The van der Waals surface area contributed by atoms with Crippen molar-refractivity contribution in [3.63, 3.8) is 0 Å². The second-order valence-electron chi connectivity index (χ2n) is 5.40. The van der Waals surface area contributed by atoms with Crippen molar-refractivity contribution >= 4 is 0 Å². The Balaban J connectivity index is 2.19. The van der Waals surface area contributed by atoms with E-state index in [2.05, 4.69) is 38.1 Å². The van der Waals surface area contributed by atoms with Crippen LogP contribution in [0.1, 0.15) is 50.2 Å². The summed E-state index contributed by atoms with van der Waals surface area (Å²) in [5.41, 5.74) is 8.97. The first-order valence-corrected chi connectivity index (χ1v) is 6.59.